The van der Waals surface area contributed by atoms with Gasteiger partial charge in [-0.1, -0.05) is 18.2 Å². The lowest BCUT2D eigenvalue weighted by Gasteiger charge is -2.10. The summed E-state index contributed by atoms with van der Waals surface area (Å²) in [7, 11) is 2.78. The molecule has 0 atom stereocenters. The Labute approximate surface area is 168 Å². The average Bonchev–Trinajstić information content (AvgIpc) is 3.26. The van der Waals surface area contributed by atoms with Crippen molar-refractivity contribution >= 4 is 18.0 Å². The summed E-state index contributed by atoms with van der Waals surface area (Å²) < 4.78 is 17.1. The highest BCUT2D eigenvalue weighted by Gasteiger charge is 2.13. The van der Waals surface area contributed by atoms with E-state index in [1.807, 2.05) is 24.4 Å². The first-order valence-electron chi connectivity index (χ1n) is 8.81. The van der Waals surface area contributed by atoms with Gasteiger partial charge < -0.3 is 14.2 Å². The number of esters is 2. The van der Waals surface area contributed by atoms with E-state index in [0.29, 0.717) is 23.4 Å². The molecule has 0 aliphatic rings. The molecule has 1 heterocycles. The summed E-state index contributed by atoms with van der Waals surface area (Å²) in [6, 6.07) is 14.0. The molecule has 7 nitrogen and oxygen atoms in total. The van der Waals surface area contributed by atoms with Crippen molar-refractivity contribution in [2.75, 3.05) is 14.2 Å². The van der Waals surface area contributed by atoms with E-state index in [-0.39, 0.29) is 5.75 Å². The molecule has 0 saturated carbocycles. The van der Waals surface area contributed by atoms with Crippen molar-refractivity contribution in [2.45, 2.75) is 6.54 Å². The number of aromatic nitrogens is 2. The lowest BCUT2D eigenvalue weighted by molar-refractivity contribution is -0.134. The van der Waals surface area contributed by atoms with Crippen LogP contribution in [0.15, 0.2) is 67.0 Å². The van der Waals surface area contributed by atoms with Crippen LogP contribution in [0.25, 0.3) is 6.08 Å². The van der Waals surface area contributed by atoms with E-state index in [4.69, 9.17) is 9.47 Å². The fourth-order valence-corrected chi connectivity index (χ4v) is 2.59. The Morgan fingerprint density at radius 2 is 1.86 bits per heavy atom. The maximum Gasteiger partial charge on any atom is 0.343 e. The molecule has 0 aliphatic carbocycles. The lowest BCUT2D eigenvalue weighted by Crippen LogP contribution is -2.09. The molecule has 0 spiro atoms. The first-order chi connectivity index (χ1) is 14.1. The van der Waals surface area contributed by atoms with Crippen LogP contribution < -0.4 is 9.47 Å². The van der Waals surface area contributed by atoms with E-state index < -0.39 is 11.9 Å². The normalized spacial score (nSPS) is 10.7. The van der Waals surface area contributed by atoms with Crippen LogP contribution in [0, 0.1) is 0 Å². The highest BCUT2D eigenvalue weighted by Crippen LogP contribution is 2.29. The minimum absolute atomic E-state index is 0.285. The van der Waals surface area contributed by atoms with Crippen molar-refractivity contribution in [2.24, 2.45) is 0 Å². The molecule has 0 radical (unpaired) electrons. The van der Waals surface area contributed by atoms with Gasteiger partial charge in [-0.3, -0.25) is 4.68 Å². The van der Waals surface area contributed by atoms with E-state index in [1.54, 1.807) is 47.3 Å². The van der Waals surface area contributed by atoms with Gasteiger partial charge in [-0.05, 0) is 47.5 Å². The third kappa shape index (κ3) is 5.32. The fourth-order valence-electron chi connectivity index (χ4n) is 2.59. The maximum absolute atomic E-state index is 12.5. The SMILES string of the molecule is COC(=O)/C=C/c1ccc(OC(=O)c2ccc(Cn3cccn3)cc2)c(OC)c1. The quantitative estimate of drug-likeness (QED) is 0.349. The van der Waals surface area contributed by atoms with Gasteiger partial charge in [-0.15, -0.1) is 0 Å². The number of methoxy groups -OCH3 is 2. The van der Waals surface area contributed by atoms with Crippen LogP contribution >= 0.6 is 0 Å². The summed E-state index contributed by atoms with van der Waals surface area (Å²) in [5.74, 6) is -0.295. The molecule has 29 heavy (non-hydrogen) atoms. The predicted molar refractivity (Wildman–Crippen MR) is 107 cm³/mol. The van der Waals surface area contributed by atoms with Gasteiger partial charge >= 0.3 is 11.9 Å². The van der Waals surface area contributed by atoms with E-state index in [9.17, 15) is 9.59 Å². The first kappa shape index (κ1) is 19.9. The highest BCUT2D eigenvalue weighted by atomic mass is 16.6. The molecule has 0 aliphatic heterocycles. The van der Waals surface area contributed by atoms with E-state index in [2.05, 4.69) is 9.84 Å². The number of benzene rings is 2. The predicted octanol–water partition coefficient (Wildman–Crippen LogP) is 3.35. The zero-order chi connectivity index (χ0) is 20.6. The van der Waals surface area contributed by atoms with E-state index >= 15 is 0 Å². The van der Waals surface area contributed by atoms with Crippen LogP contribution in [-0.2, 0) is 16.1 Å². The number of ether oxygens (including phenoxy) is 3. The Hall–Kier alpha value is -3.87. The van der Waals surface area contributed by atoms with Crippen molar-refractivity contribution in [1.29, 1.82) is 0 Å². The molecule has 3 rings (SSSR count). The maximum atomic E-state index is 12.5. The summed E-state index contributed by atoms with van der Waals surface area (Å²) in [4.78, 5) is 23.7. The smallest absolute Gasteiger partial charge is 0.343 e. The molecule has 0 N–H and O–H groups in total. The Morgan fingerprint density at radius 3 is 2.52 bits per heavy atom. The van der Waals surface area contributed by atoms with Crippen LogP contribution in [0.1, 0.15) is 21.5 Å². The average molecular weight is 392 g/mol. The van der Waals surface area contributed by atoms with E-state index in [0.717, 1.165) is 5.56 Å². The Morgan fingerprint density at radius 1 is 1.07 bits per heavy atom. The second-order valence-corrected chi connectivity index (χ2v) is 6.06. The summed E-state index contributed by atoms with van der Waals surface area (Å²) in [6.07, 6.45) is 6.47. The number of nitrogens with zero attached hydrogens (tertiary/aromatic N) is 2. The summed E-state index contributed by atoms with van der Waals surface area (Å²) >= 11 is 0. The third-order valence-corrected chi connectivity index (χ3v) is 4.10. The van der Waals surface area contributed by atoms with Crippen molar-refractivity contribution in [3.63, 3.8) is 0 Å². The van der Waals surface area contributed by atoms with Gasteiger partial charge in [0.05, 0.1) is 26.3 Å². The number of carbonyl (C=O) groups excluding carboxylic acids is 2. The van der Waals surface area contributed by atoms with Crippen molar-refractivity contribution in [3.05, 3.63) is 83.7 Å². The van der Waals surface area contributed by atoms with Crippen LogP contribution in [0.4, 0.5) is 0 Å². The second-order valence-electron chi connectivity index (χ2n) is 6.06. The summed E-state index contributed by atoms with van der Waals surface area (Å²) in [6.45, 7) is 0.622. The van der Waals surface area contributed by atoms with Crippen molar-refractivity contribution in [3.8, 4) is 11.5 Å². The molecule has 0 fully saturated rings. The van der Waals surface area contributed by atoms with Crippen molar-refractivity contribution < 1.29 is 23.8 Å². The topological polar surface area (TPSA) is 79.7 Å². The molecule has 148 valence electrons. The van der Waals surface area contributed by atoms with Gasteiger partial charge in [0, 0.05) is 18.5 Å². The van der Waals surface area contributed by atoms with Gasteiger partial charge in [0.2, 0.25) is 0 Å². The van der Waals surface area contributed by atoms with Crippen LogP contribution in [0.5, 0.6) is 11.5 Å². The van der Waals surface area contributed by atoms with Gasteiger partial charge in [0.15, 0.2) is 11.5 Å². The molecule has 0 unspecified atom stereocenters. The van der Waals surface area contributed by atoms with Gasteiger partial charge in [-0.2, -0.15) is 5.10 Å². The van der Waals surface area contributed by atoms with Gasteiger partial charge in [0.1, 0.15) is 0 Å². The zero-order valence-electron chi connectivity index (χ0n) is 16.1. The number of hydrogen-bond acceptors (Lipinski definition) is 6. The molecular weight excluding hydrogens is 372 g/mol. The minimum atomic E-state index is -0.494. The third-order valence-electron chi connectivity index (χ3n) is 4.10. The molecule has 7 heteroatoms. The van der Waals surface area contributed by atoms with E-state index in [1.165, 1.54) is 20.3 Å². The second kappa shape index (κ2) is 9.36. The monoisotopic (exact) mass is 392 g/mol. The standard InChI is InChI=1S/C22H20N2O5/c1-27-20-14-16(7-11-21(25)28-2)6-10-19(20)29-22(26)18-8-4-17(5-9-18)15-24-13-3-12-23-24/h3-14H,15H2,1-2H3/b11-7+. The first-order valence-corrected chi connectivity index (χ1v) is 8.81. The molecule has 1 aromatic heterocycles. The molecule has 0 bridgehead atoms. The van der Waals surface area contributed by atoms with Crippen LogP contribution in [0.2, 0.25) is 0 Å². The number of carbonyl (C=O) groups is 2. The molecule has 0 saturated heterocycles. The Balaban J connectivity index is 1.69. The molecular formula is C22H20N2O5. The van der Waals surface area contributed by atoms with Crippen LogP contribution in [-0.4, -0.2) is 35.9 Å². The molecule has 0 amide bonds. The minimum Gasteiger partial charge on any atom is -0.493 e. The highest BCUT2D eigenvalue weighted by molar-refractivity contribution is 5.91. The van der Waals surface area contributed by atoms with Gasteiger partial charge in [0.25, 0.3) is 0 Å². The largest absolute Gasteiger partial charge is 0.493 e. The zero-order valence-corrected chi connectivity index (χ0v) is 16.1. The fraction of sp³-hybridized carbons (Fsp3) is 0.136. The Kier molecular flexibility index (Phi) is 6.42. The van der Waals surface area contributed by atoms with Gasteiger partial charge in [-0.25, -0.2) is 9.59 Å². The lowest BCUT2D eigenvalue weighted by atomic mass is 10.1. The number of hydrogen-bond donors (Lipinski definition) is 0. The summed E-state index contributed by atoms with van der Waals surface area (Å²) in [5.41, 5.74) is 2.14. The molecule has 3 aromatic rings. The molecule has 2 aromatic carbocycles. The Bertz CT molecular complexity index is 1010. The van der Waals surface area contributed by atoms with Crippen molar-refractivity contribution in [1.82, 2.24) is 9.78 Å². The summed E-state index contributed by atoms with van der Waals surface area (Å²) in [5, 5.41) is 4.16. The van der Waals surface area contributed by atoms with Crippen LogP contribution in [0.3, 0.4) is 0 Å². The number of rotatable bonds is 7.